The highest BCUT2D eigenvalue weighted by molar-refractivity contribution is 5.19. The van der Waals surface area contributed by atoms with E-state index in [4.69, 9.17) is 9.84 Å². The number of nitrogens with zero attached hydrogens (tertiary/aromatic N) is 1. The molecule has 7 heteroatoms. The molecule has 0 bridgehead atoms. The molecular formula is C10H13F3N2O2. The van der Waals surface area contributed by atoms with Gasteiger partial charge in [-0.25, -0.2) is 0 Å². The lowest BCUT2D eigenvalue weighted by Gasteiger charge is -2.15. The van der Waals surface area contributed by atoms with E-state index in [-0.39, 0.29) is 5.75 Å². The number of aliphatic hydroxyl groups is 1. The number of hydrogen-bond acceptors (Lipinski definition) is 4. The lowest BCUT2D eigenvalue weighted by Crippen LogP contribution is -2.34. The quantitative estimate of drug-likeness (QED) is 0.821. The summed E-state index contributed by atoms with van der Waals surface area (Å²) >= 11 is 0. The minimum atomic E-state index is -4.67. The lowest BCUT2D eigenvalue weighted by molar-refractivity contribution is -0.210. The molecule has 0 radical (unpaired) electrons. The summed E-state index contributed by atoms with van der Waals surface area (Å²) in [6.45, 7) is -0.276. The molecular weight excluding hydrogens is 237 g/mol. The van der Waals surface area contributed by atoms with Gasteiger partial charge in [-0.2, -0.15) is 13.2 Å². The molecule has 1 aromatic rings. The summed E-state index contributed by atoms with van der Waals surface area (Å²) in [5.74, 6) is 0.188. The number of halogens is 3. The molecule has 0 saturated carbocycles. The fraction of sp³-hybridized carbons (Fsp3) is 0.500. The largest absolute Gasteiger partial charge is 0.489 e. The summed E-state index contributed by atoms with van der Waals surface area (Å²) in [5.41, 5.74) is 0.746. The monoisotopic (exact) mass is 250 g/mol. The van der Waals surface area contributed by atoms with E-state index in [1.165, 1.54) is 12.3 Å². The summed E-state index contributed by atoms with van der Waals surface area (Å²) in [6, 6.07) is 3.13. The summed E-state index contributed by atoms with van der Waals surface area (Å²) in [5, 5.41) is 11.6. The van der Waals surface area contributed by atoms with Gasteiger partial charge < -0.3 is 15.2 Å². The van der Waals surface area contributed by atoms with Crippen LogP contribution in [0.2, 0.25) is 0 Å². The Morgan fingerprint density at radius 1 is 1.47 bits per heavy atom. The number of rotatable bonds is 5. The maximum absolute atomic E-state index is 12.0. The van der Waals surface area contributed by atoms with Crippen molar-refractivity contribution in [2.45, 2.75) is 18.8 Å². The average molecular weight is 250 g/mol. The molecule has 1 atom stereocenters. The predicted octanol–water partition coefficient (Wildman–Crippen LogP) is 1.10. The Hall–Kier alpha value is -1.34. The van der Waals surface area contributed by atoms with Gasteiger partial charge in [-0.05, 0) is 19.2 Å². The number of nitrogens with one attached hydrogen (secondary N) is 1. The molecule has 1 rings (SSSR count). The minimum absolute atomic E-state index is 0.188. The molecule has 1 unspecified atom stereocenters. The SMILES string of the molecule is CNCc1ccc(OCC(O)C(F)(F)F)cn1. The second-order valence-corrected chi connectivity index (χ2v) is 3.38. The van der Waals surface area contributed by atoms with E-state index in [1.54, 1.807) is 13.1 Å². The van der Waals surface area contributed by atoms with Crippen molar-refractivity contribution in [1.29, 1.82) is 0 Å². The smallest absolute Gasteiger partial charge is 0.417 e. The zero-order chi connectivity index (χ0) is 12.9. The second-order valence-electron chi connectivity index (χ2n) is 3.38. The third-order valence-corrected chi connectivity index (χ3v) is 1.94. The van der Waals surface area contributed by atoms with Crippen LogP contribution in [-0.2, 0) is 6.54 Å². The molecule has 0 amide bonds. The van der Waals surface area contributed by atoms with E-state index in [0.29, 0.717) is 6.54 Å². The third kappa shape index (κ3) is 4.58. The van der Waals surface area contributed by atoms with Crippen molar-refractivity contribution in [3.63, 3.8) is 0 Å². The van der Waals surface area contributed by atoms with Gasteiger partial charge in [0.1, 0.15) is 12.4 Å². The zero-order valence-corrected chi connectivity index (χ0v) is 9.16. The molecule has 0 aliphatic rings. The van der Waals surface area contributed by atoms with E-state index in [0.717, 1.165) is 5.69 Å². The van der Waals surface area contributed by atoms with Gasteiger partial charge in [-0.15, -0.1) is 0 Å². The van der Waals surface area contributed by atoms with Crippen LogP contribution in [0.1, 0.15) is 5.69 Å². The lowest BCUT2D eigenvalue weighted by atomic mass is 10.3. The highest BCUT2D eigenvalue weighted by Gasteiger charge is 2.38. The Bertz CT molecular complexity index is 340. The van der Waals surface area contributed by atoms with Crippen molar-refractivity contribution < 1.29 is 23.0 Å². The number of hydrogen-bond donors (Lipinski definition) is 2. The Kier molecular flexibility index (Phi) is 4.71. The maximum atomic E-state index is 12.0. The molecule has 0 aromatic carbocycles. The maximum Gasteiger partial charge on any atom is 0.417 e. The van der Waals surface area contributed by atoms with Gasteiger partial charge >= 0.3 is 6.18 Å². The molecule has 0 spiro atoms. The molecule has 0 aliphatic heterocycles. The van der Waals surface area contributed by atoms with E-state index in [2.05, 4.69) is 10.3 Å². The molecule has 1 heterocycles. The van der Waals surface area contributed by atoms with Crippen LogP contribution in [0.4, 0.5) is 13.2 Å². The van der Waals surface area contributed by atoms with Gasteiger partial charge in [0.25, 0.3) is 0 Å². The molecule has 17 heavy (non-hydrogen) atoms. The minimum Gasteiger partial charge on any atom is -0.489 e. The van der Waals surface area contributed by atoms with Gasteiger partial charge in [0.2, 0.25) is 0 Å². The van der Waals surface area contributed by atoms with Crippen LogP contribution in [0.5, 0.6) is 5.75 Å². The standard InChI is InChI=1S/C10H13F3N2O2/c1-14-4-7-2-3-8(5-15-7)17-6-9(16)10(11,12)13/h2-3,5,9,14,16H,4,6H2,1H3. The van der Waals surface area contributed by atoms with Crippen LogP contribution in [0, 0.1) is 0 Å². The van der Waals surface area contributed by atoms with Crippen LogP contribution in [0.25, 0.3) is 0 Å². The second kappa shape index (κ2) is 5.83. The van der Waals surface area contributed by atoms with Crippen LogP contribution in [0.15, 0.2) is 18.3 Å². The van der Waals surface area contributed by atoms with Crippen molar-refractivity contribution in [3.8, 4) is 5.75 Å². The zero-order valence-electron chi connectivity index (χ0n) is 9.16. The third-order valence-electron chi connectivity index (χ3n) is 1.94. The Morgan fingerprint density at radius 3 is 2.65 bits per heavy atom. The Morgan fingerprint density at radius 2 is 2.18 bits per heavy atom. The Balaban J connectivity index is 2.47. The van der Waals surface area contributed by atoms with E-state index >= 15 is 0 Å². The molecule has 0 aliphatic carbocycles. The van der Waals surface area contributed by atoms with Crippen molar-refractivity contribution in [2.75, 3.05) is 13.7 Å². The fourth-order valence-corrected chi connectivity index (χ4v) is 1.05. The van der Waals surface area contributed by atoms with E-state index in [9.17, 15) is 13.2 Å². The van der Waals surface area contributed by atoms with Crippen LogP contribution < -0.4 is 10.1 Å². The van der Waals surface area contributed by atoms with Gasteiger partial charge in [0, 0.05) is 6.54 Å². The summed E-state index contributed by atoms with van der Waals surface area (Å²) in [7, 11) is 1.76. The summed E-state index contributed by atoms with van der Waals surface area (Å²) in [6.07, 6.45) is -5.84. The first-order valence-electron chi connectivity index (χ1n) is 4.90. The van der Waals surface area contributed by atoms with E-state index in [1.807, 2.05) is 0 Å². The normalized spacial score (nSPS) is 13.5. The molecule has 0 saturated heterocycles. The van der Waals surface area contributed by atoms with Crippen molar-refractivity contribution in [2.24, 2.45) is 0 Å². The van der Waals surface area contributed by atoms with Gasteiger partial charge in [-0.1, -0.05) is 0 Å². The first-order valence-corrected chi connectivity index (χ1v) is 4.90. The van der Waals surface area contributed by atoms with Crippen molar-refractivity contribution in [1.82, 2.24) is 10.3 Å². The summed E-state index contributed by atoms with van der Waals surface area (Å²) in [4.78, 5) is 3.96. The van der Waals surface area contributed by atoms with Crippen LogP contribution in [-0.4, -0.2) is 36.0 Å². The molecule has 96 valence electrons. The first-order chi connectivity index (χ1) is 7.93. The number of pyridine rings is 1. The van der Waals surface area contributed by atoms with Gasteiger partial charge in [-0.3, -0.25) is 4.98 Å². The molecule has 0 fully saturated rings. The number of aliphatic hydroxyl groups excluding tert-OH is 1. The highest BCUT2D eigenvalue weighted by Crippen LogP contribution is 2.20. The predicted molar refractivity (Wildman–Crippen MR) is 54.6 cm³/mol. The molecule has 1 aromatic heterocycles. The molecule has 2 N–H and O–H groups in total. The van der Waals surface area contributed by atoms with Crippen LogP contribution >= 0.6 is 0 Å². The highest BCUT2D eigenvalue weighted by atomic mass is 19.4. The number of alkyl halides is 3. The average Bonchev–Trinajstić information content (AvgIpc) is 2.27. The summed E-state index contributed by atoms with van der Waals surface area (Å²) < 4.78 is 40.7. The first kappa shape index (κ1) is 13.7. The topological polar surface area (TPSA) is 54.4 Å². The van der Waals surface area contributed by atoms with Gasteiger partial charge in [0.05, 0.1) is 11.9 Å². The van der Waals surface area contributed by atoms with Gasteiger partial charge in [0.15, 0.2) is 6.10 Å². The Labute approximate surface area is 96.4 Å². The van der Waals surface area contributed by atoms with E-state index < -0.39 is 18.9 Å². The van der Waals surface area contributed by atoms with Crippen molar-refractivity contribution in [3.05, 3.63) is 24.0 Å². The number of ether oxygens (including phenoxy) is 1. The fourth-order valence-electron chi connectivity index (χ4n) is 1.05. The molecule has 4 nitrogen and oxygen atoms in total. The number of aromatic nitrogens is 1. The van der Waals surface area contributed by atoms with Crippen molar-refractivity contribution >= 4 is 0 Å². The van der Waals surface area contributed by atoms with Crippen LogP contribution in [0.3, 0.4) is 0 Å².